The van der Waals surface area contributed by atoms with Gasteiger partial charge in [-0.25, -0.2) is 15.0 Å². The minimum absolute atomic E-state index is 0.0326. The zero-order chi connectivity index (χ0) is 43.2. The van der Waals surface area contributed by atoms with Gasteiger partial charge in [-0.3, -0.25) is 0 Å². The Morgan fingerprint density at radius 1 is 0.323 bits per heavy atom. The van der Waals surface area contributed by atoms with Crippen molar-refractivity contribution in [3.63, 3.8) is 0 Å². The summed E-state index contributed by atoms with van der Waals surface area (Å²) in [6.07, 6.45) is 0. The number of hydrogen-bond donors (Lipinski definition) is 0. The van der Waals surface area contributed by atoms with Gasteiger partial charge in [-0.15, -0.1) is 0 Å². The summed E-state index contributed by atoms with van der Waals surface area (Å²) in [5, 5.41) is 4.00. The third-order valence-corrected chi connectivity index (χ3v) is 13.4. The summed E-state index contributed by atoms with van der Waals surface area (Å²) in [7, 11) is 0. The van der Waals surface area contributed by atoms with Crippen molar-refractivity contribution in [3.05, 3.63) is 211 Å². The summed E-state index contributed by atoms with van der Waals surface area (Å²) in [6, 6.07) is 70.3. The van der Waals surface area contributed by atoms with E-state index in [4.69, 9.17) is 23.8 Å². The van der Waals surface area contributed by atoms with Gasteiger partial charge in [0.15, 0.2) is 17.5 Å². The van der Waals surface area contributed by atoms with Crippen LogP contribution in [0, 0.1) is 0 Å². The zero-order valence-corrected chi connectivity index (χ0v) is 35.7. The van der Waals surface area contributed by atoms with Crippen LogP contribution >= 0.6 is 0 Å². The van der Waals surface area contributed by atoms with E-state index in [9.17, 15) is 0 Å². The smallest absolute Gasteiger partial charge is 0.167 e. The van der Waals surface area contributed by atoms with Crippen molar-refractivity contribution in [2.24, 2.45) is 0 Å². The molecule has 0 N–H and O–H groups in total. The average Bonchev–Trinajstić information content (AvgIpc) is 4.01. The van der Waals surface area contributed by atoms with Crippen LogP contribution in [0.15, 0.2) is 209 Å². The number of nitrogens with zero attached hydrogens (tertiary/aromatic N) is 3. The first-order chi connectivity index (χ1) is 31.9. The first kappa shape index (κ1) is 37.2. The molecule has 0 aliphatic heterocycles. The molecule has 3 aromatic heterocycles. The van der Waals surface area contributed by atoms with Crippen molar-refractivity contribution < 1.29 is 8.83 Å². The van der Waals surface area contributed by atoms with Crippen molar-refractivity contribution in [3.8, 4) is 78.7 Å². The van der Waals surface area contributed by atoms with E-state index in [2.05, 4.69) is 166 Å². The van der Waals surface area contributed by atoms with Crippen molar-refractivity contribution in [2.75, 3.05) is 0 Å². The van der Waals surface area contributed by atoms with Gasteiger partial charge in [-0.2, -0.15) is 0 Å². The monoisotopic (exact) mass is 833 g/mol. The molecular formula is C60H39N3O2. The van der Waals surface area contributed by atoms with E-state index in [0.29, 0.717) is 17.5 Å². The summed E-state index contributed by atoms with van der Waals surface area (Å²) in [5.74, 6) is 1.65. The van der Waals surface area contributed by atoms with Crippen molar-refractivity contribution in [1.82, 2.24) is 15.0 Å². The van der Waals surface area contributed by atoms with Crippen LogP contribution in [-0.4, -0.2) is 15.0 Å². The Labute approximate surface area is 375 Å². The Bertz CT molecular complexity index is 3860. The second kappa shape index (κ2) is 14.3. The molecule has 0 amide bonds. The molecule has 0 radical (unpaired) electrons. The largest absolute Gasteiger partial charge is 0.456 e. The Morgan fingerprint density at radius 3 is 1.72 bits per heavy atom. The van der Waals surface area contributed by atoms with Crippen molar-refractivity contribution in [2.45, 2.75) is 19.3 Å². The highest BCUT2D eigenvalue weighted by molar-refractivity contribution is 6.13. The minimum Gasteiger partial charge on any atom is -0.456 e. The topological polar surface area (TPSA) is 65.0 Å². The fourth-order valence-corrected chi connectivity index (χ4v) is 10.1. The lowest BCUT2D eigenvalue weighted by Crippen LogP contribution is -2.14. The normalized spacial score (nSPS) is 12.9. The molecule has 12 aromatic rings. The van der Waals surface area contributed by atoms with E-state index < -0.39 is 0 Å². The number of furan rings is 2. The summed E-state index contributed by atoms with van der Waals surface area (Å²) < 4.78 is 13.1. The zero-order valence-electron chi connectivity index (χ0n) is 35.7. The molecule has 0 saturated heterocycles. The molecule has 5 nitrogen and oxygen atoms in total. The maximum atomic E-state index is 6.58. The van der Waals surface area contributed by atoms with Crippen LogP contribution in [0.3, 0.4) is 0 Å². The predicted octanol–water partition coefficient (Wildman–Crippen LogP) is 16.0. The highest BCUT2D eigenvalue weighted by Gasteiger charge is 2.35. The first-order valence-corrected chi connectivity index (χ1v) is 22.1. The van der Waals surface area contributed by atoms with E-state index >= 15 is 0 Å². The van der Waals surface area contributed by atoms with Crippen molar-refractivity contribution >= 4 is 43.9 Å². The number of fused-ring (bicyclic) bond motifs is 9. The molecule has 5 heteroatoms. The molecule has 0 bridgehead atoms. The molecule has 0 fully saturated rings. The van der Waals surface area contributed by atoms with Gasteiger partial charge in [-0.05, 0) is 98.1 Å². The molecule has 13 rings (SSSR count). The van der Waals surface area contributed by atoms with Crippen LogP contribution in [0.25, 0.3) is 123 Å². The lowest BCUT2D eigenvalue weighted by Gasteiger charge is -2.21. The van der Waals surface area contributed by atoms with Gasteiger partial charge in [0.05, 0.1) is 5.56 Å². The average molecular weight is 834 g/mol. The molecule has 1 aliphatic carbocycles. The Morgan fingerprint density at radius 2 is 0.862 bits per heavy atom. The summed E-state index contributed by atoms with van der Waals surface area (Å²) in [4.78, 5) is 15.7. The summed E-state index contributed by atoms with van der Waals surface area (Å²) in [6.45, 7) is 4.65. The lowest BCUT2D eigenvalue weighted by molar-refractivity contribution is 0.660. The lowest BCUT2D eigenvalue weighted by atomic mass is 9.82. The minimum atomic E-state index is -0.0326. The molecule has 0 saturated carbocycles. The maximum Gasteiger partial charge on any atom is 0.167 e. The van der Waals surface area contributed by atoms with E-state index in [1.165, 1.54) is 33.4 Å². The summed E-state index contributed by atoms with van der Waals surface area (Å²) >= 11 is 0. The Hall–Kier alpha value is -8.41. The third kappa shape index (κ3) is 5.97. The first-order valence-electron chi connectivity index (χ1n) is 22.1. The fraction of sp³-hybridized carbons (Fsp3) is 0.0500. The van der Waals surface area contributed by atoms with Gasteiger partial charge in [0.2, 0.25) is 0 Å². The van der Waals surface area contributed by atoms with Crippen LogP contribution in [0.5, 0.6) is 0 Å². The van der Waals surface area contributed by atoms with Crippen LogP contribution in [-0.2, 0) is 5.41 Å². The van der Waals surface area contributed by atoms with Gasteiger partial charge in [-0.1, -0.05) is 172 Å². The van der Waals surface area contributed by atoms with Crippen LogP contribution < -0.4 is 0 Å². The van der Waals surface area contributed by atoms with E-state index in [0.717, 1.165) is 82.8 Å². The molecule has 3 heterocycles. The second-order valence-corrected chi connectivity index (χ2v) is 17.5. The molecule has 0 spiro atoms. The quantitative estimate of drug-likeness (QED) is 0.167. The molecule has 0 unspecified atom stereocenters. The summed E-state index contributed by atoms with van der Waals surface area (Å²) in [5.41, 5.74) is 17.9. The molecule has 0 atom stereocenters. The van der Waals surface area contributed by atoms with Crippen LogP contribution in [0.1, 0.15) is 25.0 Å². The van der Waals surface area contributed by atoms with E-state index in [1.807, 2.05) is 48.5 Å². The van der Waals surface area contributed by atoms with E-state index in [1.54, 1.807) is 0 Å². The van der Waals surface area contributed by atoms with Gasteiger partial charge >= 0.3 is 0 Å². The SMILES string of the molecule is CC1(C)c2ccccc2-c2cc(-c3cccc(-c4ccc5oc6cccc(-c7nc(-c8ccc(-c9ccccc9)cc8)nc(-c8cccc9c8oc8ccccc89)n7)c6c5c4)c3)ccc21. The molecule has 65 heavy (non-hydrogen) atoms. The number of rotatable bonds is 6. The van der Waals surface area contributed by atoms with Gasteiger partial charge in [0.1, 0.15) is 22.3 Å². The number of benzene rings is 9. The highest BCUT2D eigenvalue weighted by atomic mass is 16.3. The molecular weight excluding hydrogens is 795 g/mol. The predicted molar refractivity (Wildman–Crippen MR) is 265 cm³/mol. The van der Waals surface area contributed by atoms with Crippen molar-refractivity contribution in [1.29, 1.82) is 0 Å². The Balaban J connectivity index is 0.952. The highest BCUT2D eigenvalue weighted by Crippen LogP contribution is 2.50. The molecule has 306 valence electrons. The number of hydrogen-bond acceptors (Lipinski definition) is 5. The molecule has 1 aliphatic rings. The fourth-order valence-electron chi connectivity index (χ4n) is 10.1. The Kier molecular flexibility index (Phi) is 8.18. The van der Waals surface area contributed by atoms with Crippen LogP contribution in [0.2, 0.25) is 0 Å². The van der Waals surface area contributed by atoms with Gasteiger partial charge in [0, 0.05) is 38.1 Å². The van der Waals surface area contributed by atoms with E-state index in [-0.39, 0.29) is 5.41 Å². The maximum absolute atomic E-state index is 6.58. The second-order valence-electron chi connectivity index (χ2n) is 17.5. The van der Waals surface area contributed by atoms with Crippen LogP contribution in [0.4, 0.5) is 0 Å². The van der Waals surface area contributed by atoms with Gasteiger partial charge < -0.3 is 8.83 Å². The number of para-hydroxylation sites is 2. The third-order valence-electron chi connectivity index (χ3n) is 13.4. The standard InChI is InChI=1S/C60H39N3O2/c1-60(2)50-22-8-6-17-43(50)48-34-41(29-31-51(48)60)39-15-10-16-40(33-39)42-30-32-53-49(35-42)55-46(20-12-24-54(55)64-53)58-61-57(38-27-25-37(26-28-38)36-13-4-3-5-14-36)62-59(63-58)47-21-11-19-45-44-18-7-9-23-52(44)65-56(45)47/h3-35H,1-2H3. The number of aromatic nitrogens is 3. The molecule has 9 aromatic carbocycles. The van der Waals surface area contributed by atoms with Gasteiger partial charge in [0.25, 0.3) is 0 Å².